The topological polar surface area (TPSA) is 20.3 Å². The highest BCUT2D eigenvalue weighted by Crippen LogP contribution is 2.43. The van der Waals surface area contributed by atoms with Gasteiger partial charge in [-0.2, -0.15) is 0 Å². The first-order valence-electron chi connectivity index (χ1n) is 5.99. The zero-order chi connectivity index (χ0) is 11.6. The van der Waals surface area contributed by atoms with E-state index in [1.54, 1.807) is 0 Å². The van der Waals surface area contributed by atoms with Crippen molar-refractivity contribution in [2.24, 2.45) is 11.3 Å². The lowest BCUT2D eigenvalue weighted by molar-refractivity contribution is -0.133. The van der Waals surface area contributed by atoms with Crippen molar-refractivity contribution in [1.29, 1.82) is 0 Å². The average molecular weight is 209 g/mol. The molecule has 0 radical (unpaired) electrons. The molecule has 1 aliphatic rings. The van der Waals surface area contributed by atoms with Crippen LogP contribution in [0.2, 0.25) is 0 Å². The monoisotopic (exact) mass is 209 g/mol. The summed E-state index contributed by atoms with van der Waals surface area (Å²) >= 11 is 0. The van der Waals surface area contributed by atoms with E-state index in [0.717, 1.165) is 31.5 Å². The number of allylic oxidation sites excluding steroid dienone is 1. The fourth-order valence-electron chi connectivity index (χ4n) is 2.44. The van der Waals surface area contributed by atoms with E-state index in [9.17, 15) is 4.79 Å². The maximum atomic E-state index is 12.2. The first-order valence-corrected chi connectivity index (χ1v) is 5.99. The average Bonchev–Trinajstić information content (AvgIpc) is 2.53. The quantitative estimate of drug-likeness (QED) is 0.696. The molecular weight excluding hydrogens is 186 g/mol. The van der Waals surface area contributed by atoms with Gasteiger partial charge in [-0.3, -0.25) is 4.79 Å². The Morgan fingerprint density at radius 2 is 1.93 bits per heavy atom. The minimum atomic E-state index is 0.143. The van der Waals surface area contributed by atoms with E-state index in [1.165, 1.54) is 0 Å². The van der Waals surface area contributed by atoms with Gasteiger partial charge >= 0.3 is 0 Å². The zero-order valence-electron chi connectivity index (χ0n) is 10.5. The van der Waals surface area contributed by atoms with Crippen molar-refractivity contribution in [3.8, 4) is 0 Å². The van der Waals surface area contributed by atoms with Crippen molar-refractivity contribution in [2.45, 2.75) is 47.0 Å². The standard InChI is InChI=1S/C13H23NO/c1-6-13(5,7-2)11-9-10(4)14(8-3)12(11)15/h11H,4,6-9H2,1-3,5H3. The highest BCUT2D eigenvalue weighted by atomic mass is 16.2. The number of carbonyl (C=O) groups excluding carboxylic acids is 1. The lowest BCUT2D eigenvalue weighted by atomic mass is 9.72. The molecule has 86 valence electrons. The molecule has 0 aromatic heterocycles. The van der Waals surface area contributed by atoms with Crippen LogP contribution in [0.25, 0.3) is 0 Å². The minimum absolute atomic E-state index is 0.143. The lowest BCUT2D eigenvalue weighted by Crippen LogP contribution is -2.34. The molecule has 1 saturated heterocycles. The van der Waals surface area contributed by atoms with Crippen LogP contribution in [0, 0.1) is 11.3 Å². The van der Waals surface area contributed by atoms with Gasteiger partial charge in [0.15, 0.2) is 0 Å². The Labute approximate surface area is 93.3 Å². The fraction of sp³-hybridized carbons (Fsp3) is 0.769. The number of carbonyl (C=O) groups is 1. The molecule has 1 heterocycles. The summed E-state index contributed by atoms with van der Waals surface area (Å²) in [6.07, 6.45) is 2.97. The second-order valence-electron chi connectivity index (χ2n) is 4.77. The van der Waals surface area contributed by atoms with E-state index in [0.29, 0.717) is 0 Å². The van der Waals surface area contributed by atoms with Crippen LogP contribution in [0.3, 0.4) is 0 Å². The van der Waals surface area contributed by atoms with Gasteiger partial charge in [0.1, 0.15) is 0 Å². The van der Waals surface area contributed by atoms with E-state index in [2.05, 4.69) is 27.4 Å². The number of rotatable bonds is 4. The first-order chi connectivity index (χ1) is 7.00. The normalized spacial score (nSPS) is 22.7. The Balaban J connectivity index is 2.91. The summed E-state index contributed by atoms with van der Waals surface area (Å²) in [4.78, 5) is 14.0. The van der Waals surface area contributed by atoms with Crippen molar-refractivity contribution in [2.75, 3.05) is 6.54 Å². The molecule has 1 amide bonds. The van der Waals surface area contributed by atoms with Crippen molar-refractivity contribution in [3.63, 3.8) is 0 Å². The predicted molar refractivity (Wildman–Crippen MR) is 63.3 cm³/mol. The van der Waals surface area contributed by atoms with E-state index < -0.39 is 0 Å². The fourth-order valence-corrected chi connectivity index (χ4v) is 2.44. The number of nitrogens with zero attached hydrogens (tertiary/aromatic N) is 1. The van der Waals surface area contributed by atoms with Crippen LogP contribution >= 0.6 is 0 Å². The molecular formula is C13H23NO. The van der Waals surface area contributed by atoms with Crippen LogP contribution in [0.5, 0.6) is 0 Å². The van der Waals surface area contributed by atoms with Crippen molar-refractivity contribution in [3.05, 3.63) is 12.3 Å². The molecule has 1 atom stereocenters. The van der Waals surface area contributed by atoms with Crippen LogP contribution in [0.15, 0.2) is 12.3 Å². The number of hydrogen-bond acceptors (Lipinski definition) is 1. The van der Waals surface area contributed by atoms with Crippen molar-refractivity contribution in [1.82, 2.24) is 4.90 Å². The predicted octanol–water partition coefficient (Wildman–Crippen LogP) is 3.19. The van der Waals surface area contributed by atoms with E-state index in [1.807, 2.05) is 11.8 Å². The molecule has 0 aliphatic carbocycles. The van der Waals surface area contributed by atoms with Crippen LogP contribution in [-0.2, 0) is 4.79 Å². The molecule has 0 bridgehead atoms. The van der Waals surface area contributed by atoms with E-state index in [4.69, 9.17) is 0 Å². The Morgan fingerprint density at radius 1 is 1.40 bits per heavy atom. The van der Waals surface area contributed by atoms with Gasteiger partial charge in [0, 0.05) is 18.2 Å². The maximum absolute atomic E-state index is 12.2. The molecule has 0 spiro atoms. The largest absolute Gasteiger partial charge is 0.317 e. The number of likely N-dealkylation sites (tertiary alicyclic amines) is 1. The second-order valence-corrected chi connectivity index (χ2v) is 4.77. The minimum Gasteiger partial charge on any atom is -0.317 e. The van der Waals surface area contributed by atoms with Gasteiger partial charge < -0.3 is 4.90 Å². The summed E-state index contributed by atoms with van der Waals surface area (Å²) in [7, 11) is 0. The Hall–Kier alpha value is -0.790. The van der Waals surface area contributed by atoms with Gasteiger partial charge in [-0.05, 0) is 31.6 Å². The summed E-state index contributed by atoms with van der Waals surface area (Å²) in [5, 5.41) is 0. The second kappa shape index (κ2) is 4.38. The van der Waals surface area contributed by atoms with Crippen molar-refractivity contribution < 1.29 is 4.79 Å². The molecule has 1 unspecified atom stereocenters. The number of hydrogen-bond donors (Lipinski definition) is 0. The lowest BCUT2D eigenvalue weighted by Gasteiger charge is -2.32. The Kier molecular flexibility index (Phi) is 3.58. The van der Waals surface area contributed by atoms with Gasteiger partial charge in [0.05, 0.1) is 0 Å². The third kappa shape index (κ3) is 1.95. The third-order valence-corrected chi connectivity index (χ3v) is 4.16. The zero-order valence-corrected chi connectivity index (χ0v) is 10.5. The van der Waals surface area contributed by atoms with Gasteiger partial charge in [-0.1, -0.05) is 27.4 Å². The Bertz CT molecular complexity index is 266. The van der Waals surface area contributed by atoms with E-state index in [-0.39, 0.29) is 17.2 Å². The highest BCUT2D eigenvalue weighted by molar-refractivity contribution is 5.84. The summed E-state index contributed by atoms with van der Waals surface area (Å²) in [6, 6.07) is 0. The van der Waals surface area contributed by atoms with Gasteiger partial charge in [-0.15, -0.1) is 0 Å². The van der Waals surface area contributed by atoms with Gasteiger partial charge in [0.25, 0.3) is 0 Å². The SMILES string of the molecule is C=C1CC(C(C)(CC)CC)C(=O)N1CC. The van der Waals surface area contributed by atoms with Crippen molar-refractivity contribution >= 4 is 5.91 Å². The smallest absolute Gasteiger partial charge is 0.230 e. The highest BCUT2D eigenvalue weighted by Gasteiger charge is 2.43. The molecule has 0 aromatic rings. The van der Waals surface area contributed by atoms with Crippen LogP contribution < -0.4 is 0 Å². The van der Waals surface area contributed by atoms with Crippen LogP contribution in [-0.4, -0.2) is 17.4 Å². The maximum Gasteiger partial charge on any atom is 0.230 e. The van der Waals surface area contributed by atoms with Crippen LogP contribution in [0.1, 0.15) is 47.0 Å². The van der Waals surface area contributed by atoms with Crippen LogP contribution in [0.4, 0.5) is 0 Å². The molecule has 0 N–H and O–H groups in total. The summed E-state index contributed by atoms with van der Waals surface area (Å²) in [6.45, 7) is 13.3. The Morgan fingerprint density at radius 3 is 2.27 bits per heavy atom. The summed E-state index contributed by atoms with van der Waals surface area (Å²) in [5.41, 5.74) is 1.14. The molecule has 1 fully saturated rings. The van der Waals surface area contributed by atoms with Gasteiger partial charge in [0.2, 0.25) is 5.91 Å². The molecule has 1 aliphatic heterocycles. The third-order valence-electron chi connectivity index (χ3n) is 4.16. The summed E-state index contributed by atoms with van der Waals surface area (Å²) in [5.74, 6) is 0.439. The first kappa shape index (κ1) is 12.3. The molecule has 2 heteroatoms. The molecule has 1 rings (SSSR count). The summed E-state index contributed by atoms with van der Waals surface area (Å²) < 4.78 is 0. The van der Waals surface area contributed by atoms with E-state index >= 15 is 0 Å². The molecule has 15 heavy (non-hydrogen) atoms. The van der Waals surface area contributed by atoms with Gasteiger partial charge in [-0.25, -0.2) is 0 Å². The molecule has 0 saturated carbocycles. The molecule has 2 nitrogen and oxygen atoms in total. The molecule has 0 aromatic carbocycles. The number of amides is 1.